The maximum Gasteiger partial charge on any atom is 0.229 e. The fourth-order valence-corrected chi connectivity index (χ4v) is 2.46. The second kappa shape index (κ2) is 6.52. The van der Waals surface area contributed by atoms with E-state index < -0.39 is 0 Å². The zero-order valence-electron chi connectivity index (χ0n) is 13.1. The average Bonchev–Trinajstić information content (AvgIpc) is 2.64. The molecule has 0 bridgehead atoms. The molecule has 0 aliphatic heterocycles. The normalized spacial score (nSPS) is 10.6. The molecule has 0 aliphatic carbocycles. The first kappa shape index (κ1) is 15.0. The van der Waals surface area contributed by atoms with E-state index in [1.807, 2.05) is 30.3 Å². The van der Waals surface area contributed by atoms with Gasteiger partial charge in [-0.2, -0.15) is 4.98 Å². The van der Waals surface area contributed by atoms with Gasteiger partial charge in [-0.05, 0) is 30.3 Å². The molecule has 2 aromatic carbocycles. The van der Waals surface area contributed by atoms with Crippen LogP contribution in [-0.2, 0) is 0 Å². The zero-order valence-corrected chi connectivity index (χ0v) is 13.1. The van der Waals surface area contributed by atoms with Crippen LogP contribution in [-0.4, -0.2) is 15.0 Å². The van der Waals surface area contributed by atoms with E-state index in [4.69, 9.17) is 0 Å². The van der Waals surface area contributed by atoms with E-state index in [2.05, 4.69) is 25.6 Å². The van der Waals surface area contributed by atoms with Crippen molar-refractivity contribution < 1.29 is 4.39 Å². The smallest absolute Gasteiger partial charge is 0.229 e. The molecule has 0 saturated heterocycles. The second-order valence-corrected chi connectivity index (χ2v) is 5.41. The lowest BCUT2D eigenvalue weighted by Gasteiger charge is -2.09. The van der Waals surface area contributed by atoms with Crippen molar-refractivity contribution in [3.63, 3.8) is 0 Å². The Kier molecular flexibility index (Phi) is 3.92. The van der Waals surface area contributed by atoms with Crippen LogP contribution < -0.4 is 10.6 Å². The highest BCUT2D eigenvalue weighted by Crippen LogP contribution is 2.21. The maximum atomic E-state index is 13.7. The summed E-state index contributed by atoms with van der Waals surface area (Å²) in [6, 6.07) is 18.0. The van der Waals surface area contributed by atoms with Gasteiger partial charge in [0.15, 0.2) is 0 Å². The van der Waals surface area contributed by atoms with Crippen molar-refractivity contribution in [1.82, 2.24) is 15.0 Å². The summed E-state index contributed by atoms with van der Waals surface area (Å²) < 4.78 is 13.7. The van der Waals surface area contributed by atoms with Crippen LogP contribution in [0.1, 0.15) is 0 Å². The van der Waals surface area contributed by atoms with Gasteiger partial charge in [-0.3, -0.25) is 4.98 Å². The minimum atomic E-state index is -0.358. The zero-order chi connectivity index (χ0) is 17.1. The summed E-state index contributed by atoms with van der Waals surface area (Å²) in [5.74, 6) is 0.540. The molecule has 0 radical (unpaired) electrons. The monoisotopic (exact) mass is 331 g/mol. The fraction of sp³-hybridized carbons (Fsp3) is 0. The number of aromatic nitrogens is 3. The van der Waals surface area contributed by atoms with Crippen LogP contribution >= 0.6 is 0 Å². The van der Waals surface area contributed by atoms with Crippen LogP contribution in [0.15, 0.2) is 73.1 Å². The lowest BCUT2D eigenvalue weighted by Crippen LogP contribution is -2.01. The third-order valence-electron chi connectivity index (χ3n) is 3.64. The quantitative estimate of drug-likeness (QED) is 0.570. The van der Waals surface area contributed by atoms with Crippen molar-refractivity contribution in [2.75, 3.05) is 10.6 Å². The van der Waals surface area contributed by atoms with Gasteiger partial charge in [0.05, 0.1) is 23.1 Å². The third-order valence-corrected chi connectivity index (χ3v) is 3.64. The Bertz CT molecular complexity index is 1030. The Hall–Kier alpha value is -3.54. The van der Waals surface area contributed by atoms with Gasteiger partial charge in [0, 0.05) is 11.6 Å². The van der Waals surface area contributed by atoms with Gasteiger partial charge in [-0.25, -0.2) is 9.37 Å². The van der Waals surface area contributed by atoms with Gasteiger partial charge in [0.2, 0.25) is 5.95 Å². The van der Waals surface area contributed by atoms with Gasteiger partial charge in [0.25, 0.3) is 0 Å². The van der Waals surface area contributed by atoms with Crippen LogP contribution in [0.4, 0.5) is 27.5 Å². The number of nitrogens with one attached hydrogen (secondary N) is 2. The number of hydrogen-bond donors (Lipinski definition) is 2. The van der Waals surface area contributed by atoms with Gasteiger partial charge in [-0.1, -0.05) is 30.3 Å². The Morgan fingerprint density at radius 3 is 2.60 bits per heavy atom. The van der Waals surface area contributed by atoms with Crippen LogP contribution in [0.2, 0.25) is 0 Å². The molecule has 0 aliphatic rings. The average molecular weight is 331 g/mol. The maximum absolute atomic E-state index is 13.7. The number of pyridine rings is 1. The van der Waals surface area contributed by atoms with Gasteiger partial charge < -0.3 is 10.6 Å². The number of hydrogen-bond acceptors (Lipinski definition) is 5. The molecule has 122 valence electrons. The number of anilines is 4. The van der Waals surface area contributed by atoms with Crippen LogP contribution in [0, 0.1) is 5.82 Å². The van der Waals surface area contributed by atoms with E-state index in [0.29, 0.717) is 17.5 Å². The highest BCUT2D eigenvalue weighted by molar-refractivity contribution is 5.82. The number of nitrogens with zero attached hydrogens (tertiary/aromatic N) is 3. The largest absolute Gasteiger partial charge is 0.339 e. The van der Waals surface area contributed by atoms with E-state index in [0.717, 1.165) is 16.6 Å². The van der Waals surface area contributed by atoms with Crippen molar-refractivity contribution in [1.29, 1.82) is 0 Å². The molecule has 2 N–H and O–H groups in total. The van der Waals surface area contributed by atoms with E-state index in [1.54, 1.807) is 36.7 Å². The first-order valence-corrected chi connectivity index (χ1v) is 7.74. The molecule has 0 unspecified atom stereocenters. The molecular weight excluding hydrogens is 317 g/mol. The SMILES string of the molecule is Fc1ccccc1Nc1nccc(Nc2cnc3ccccc3c2)n1. The van der Waals surface area contributed by atoms with Crippen LogP contribution in [0.3, 0.4) is 0 Å². The molecule has 0 spiro atoms. The predicted molar refractivity (Wildman–Crippen MR) is 96.7 cm³/mol. The molecule has 2 aromatic heterocycles. The highest BCUT2D eigenvalue weighted by Gasteiger charge is 2.05. The Morgan fingerprint density at radius 1 is 0.840 bits per heavy atom. The third kappa shape index (κ3) is 3.37. The molecule has 6 heteroatoms. The lowest BCUT2D eigenvalue weighted by molar-refractivity contribution is 0.631. The second-order valence-electron chi connectivity index (χ2n) is 5.41. The molecule has 5 nitrogen and oxygen atoms in total. The molecule has 25 heavy (non-hydrogen) atoms. The van der Waals surface area contributed by atoms with Gasteiger partial charge in [-0.15, -0.1) is 0 Å². The summed E-state index contributed by atoms with van der Waals surface area (Å²) in [5, 5.41) is 7.10. The van der Waals surface area contributed by atoms with Gasteiger partial charge >= 0.3 is 0 Å². The number of halogens is 1. The predicted octanol–water partition coefficient (Wildman–Crippen LogP) is 4.65. The number of para-hydroxylation sites is 2. The molecule has 2 heterocycles. The fourth-order valence-electron chi connectivity index (χ4n) is 2.46. The summed E-state index contributed by atoms with van der Waals surface area (Å²) in [6.07, 6.45) is 3.35. The van der Waals surface area contributed by atoms with Crippen molar-refractivity contribution in [2.24, 2.45) is 0 Å². The first-order chi connectivity index (χ1) is 12.3. The van der Waals surface area contributed by atoms with Crippen molar-refractivity contribution in [3.8, 4) is 0 Å². The molecule has 0 fully saturated rings. The van der Waals surface area contributed by atoms with Crippen LogP contribution in [0.5, 0.6) is 0 Å². The van der Waals surface area contributed by atoms with Crippen LogP contribution in [0.25, 0.3) is 10.9 Å². The van der Waals surface area contributed by atoms with Crippen molar-refractivity contribution in [3.05, 3.63) is 78.9 Å². The van der Waals surface area contributed by atoms with E-state index in [-0.39, 0.29) is 5.82 Å². The molecular formula is C19H14FN5. The molecule has 0 saturated carbocycles. The standard InChI is InChI=1S/C19H14FN5/c20-15-6-2-4-8-17(15)24-19-21-10-9-18(25-19)23-14-11-13-5-1-3-7-16(13)22-12-14/h1-12H,(H2,21,23,24,25). The summed E-state index contributed by atoms with van der Waals surface area (Å²) >= 11 is 0. The number of benzene rings is 2. The summed E-state index contributed by atoms with van der Waals surface area (Å²) in [6.45, 7) is 0. The number of rotatable bonds is 4. The molecule has 0 amide bonds. The Balaban J connectivity index is 1.57. The highest BCUT2D eigenvalue weighted by atomic mass is 19.1. The van der Waals surface area contributed by atoms with Crippen molar-refractivity contribution in [2.45, 2.75) is 0 Å². The Morgan fingerprint density at radius 2 is 1.68 bits per heavy atom. The molecule has 4 aromatic rings. The first-order valence-electron chi connectivity index (χ1n) is 7.74. The number of fused-ring (bicyclic) bond motifs is 1. The van der Waals surface area contributed by atoms with E-state index in [1.165, 1.54) is 6.07 Å². The topological polar surface area (TPSA) is 62.7 Å². The van der Waals surface area contributed by atoms with E-state index >= 15 is 0 Å². The summed E-state index contributed by atoms with van der Waals surface area (Å²) in [5.41, 5.74) is 2.07. The lowest BCUT2D eigenvalue weighted by atomic mass is 10.2. The minimum Gasteiger partial charge on any atom is -0.339 e. The summed E-state index contributed by atoms with van der Waals surface area (Å²) in [4.78, 5) is 12.9. The molecule has 4 rings (SSSR count). The summed E-state index contributed by atoms with van der Waals surface area (Å²) in [7, 11) is 0. The molecule has 0 atom stereocenters. The Labute approximate surface area is 143 Å². The van der Waals surface area contributed by atoms with Crippen molar-refractivity contribution >= 4 is 34.0 Å². The van der Waals surface area contributed by atoms with E-state index in [9.17, 15) is 4.39 Å². The van der Waals surface area contributed by atoms with Gasteiger partial charge in [0.1, 0.15) is 11.6 Å². The minimum absolute atomic E-state index is 0.309.